The van der Waals surface area contributed by atoms with Crippen molar-refractivity contribution in [3.8, 4) is 11.5 Å². The Bertz CT molecular complexity index is 577. The Morgan fingerprint density at radius 2 is 1.84 bits per heavy atom. The van der Waals surface area contributed by atoms with Crippen LogP contribution in [0.4, 0.5) is 0 Å². The van der Waals surface area contributed by atoms with Gasteiger partial charge in [-0.1, -0.05) is 6.07 Å². The molecule has 1 aromatic carbocycles. The molecule has 1 N–H and O–H groups in total. The minimum Gasteiger partial charge on any atom is -0.486 e. The smallest absolute Gasteiger partial charge is 0.161 e. The van der Waals surface area contributed by atoms with Crippen LogP contribution in [-0.2, 0) is 0 Å². The fraction of sp³-hybridized carbons (Fsp3) is 0.333. The summed E-state index contributed by atoms with van der Waals surface area (Å²) in [6, 6.07) is 8.17. The van der Waals surface area contributed by atoms with Crippen LogP contribution in [0.3, 0.4) is 0 Å². The zero-order chi connectivity index (χ0) is 13.2. The average molecular weight is 259 g/mol. The fourth-order valence-corrected chi connectivity index (χ4v) is 2.38. The number of rotatable bonds is 3. The molecule has 100 valence electrons. The van der Waals surface area contributed by atoms with Crippen LogP contribution >= 0.6 is 0 Å². The molecule has 4 heteroatoms. The van der Waals surface area contributed by atoms with Gasteiger partial charge in [-0.3, -0.25) is 0 Å². The highest BCUT2D eigenvalue weighted by atomic mass is 16.6. The molecule has 0 saturated heterocycles. The van der Waals surface area contributed by atoms with Gasteiger partial charge in [-0.25, -0.2) is 0 Å². The van der Waals surface area contributed by atoms with Crippen molar-refractivity contribution in [1.82, 2.24) is 5.32 Å². The minimum absolute atomic E-state index is 0.0910. The van der Waals surface area contributed by atoms with E-state index in [0.717, 1.165) is 28.4 Å². The first-order chi connectivity index (χ1) is 9.28. The van der Waals surface area contributed by atoms with E-state index in [4.69, 9.17) is 13.9 Å². The molecular weight excluding hydrogens is 242 g/mol. The highest BCUT2D eigenvalue weighted by molar-refractivity contribution is 5.46. The van der Waals surface area contributed by atoms with E-state index in [2.05, 4.69) is 11.4 Å². The first-order valence-corrected chi connectivity index (χ1v) is 6.40. The van der Waals surface area contributed by atoms with Crippen LogP contribution in [0.1, 0.15) is 22.9 Å². The highest BCUT2D eigenvalue weighted by Gasteiger charge is 2.18. The van der Waals surface area contributed by atoms with Gasteiger partial charge in [-0.15, -0.1) is 0 Å². The SMILES string of the molecule is CNC(c1coc(C)c1)c1ccc2c(c1)OCCO2. The molecule has 0 amide bonds. The number of fused-ring (bicyclic) bond motifs is 1. The lowest BCUT2D eigenvalue weighted by molar-refractivity contribution is 0.171. The Morgan fingerprint density at radius 3 is 2.53 bits per heavy atom. The Balaban J connectivity index is 1.95. The van der Waals surface area contributed by atoms with E-state index in [-0.39, 0.29) is 6.04 Å². The molecule has 1 aliphatic heterocycles. The Labute approximate surface area is 112 Å². The largest absolute Gasteiger partial charge is 0.486 e. The summed E-state index contributed by atoms with van der Waals surface area (Å²) < 4.78 is 16.5. The molecule has 0 saturated carbocycles. The monoisotopic (exact) mass is 259 g/mol. The van der Waals surface area contributed by atoms with Gasteiger partial charge in [0.05, 0.1) is 12.3 Å². The summed E-state index contributed by atoms with van der Waals surface area (Å²) in [6.07, 6.45) is 1.79. The van der Waals surface area contributed by atoms with E-state index in [1.807, 2.05) is 32.2 Å². The molecule has 2 heterocycles. The van der Waals surface area contributed by atoms with Crippen molar-refractivity contribution in [3.05, 3.63) is 47.4 Å². The number of aryl methyl sites for hydroxylation is 1. The lowest BCUT2D eigenvalue weighted by atomic mass is 10.0. The second-order valence-electron chi connectivity index (χ2n) is 4.62. The number of hydrogen-bond donors (Lipinski definition) is 1. The quantitative estimate of drug-likeness (QED) is 0.920. The predicted molar refractivity (Wildman–Crippen MR) is 71.8 cm³/mol. The van der Waals surface area contributed by atoms with Crippen molar-refractivity contribution in [3.63, 3.8) is 0 Å². The van der Waals surface area contributed by atoms with E-state index in [9.17, 15) is 0 Å². The van der Waals surface area contributed by atoms with E-state index in [1.165, 1.54) is 0 Å². The van der Waals surface area contributed by atoms with Crippen LogP contribution in [0.2, 0.25) is 0 Å². The molecule has 1 aliphatic rings. The molecule has 4 nitrogen and oxygen atoms in total. The number of hydrogen-bond acceptors (Lipinski definition) is 4. The lowest BCUT2D eigenvalue weighted by Crippen LogP contribution is -2.19. The zero-order valence-electron chi connectivity index (χ0n) is 11.1. The number of benzene rings is 1. The average Bonchev–Trinajstić information content (AvgIpc) is 2.86. The van der Waals surface area contributed by atoms with Gasteiger partial charge in [-0.05, 0) is 37.7 Å². The summed E-state index contributed by atoms with van der Waals surface area (Å²) in [5.41, 5.74) is 2.24. The highest BCUT2D eigenvalue weighted by Crippen LogP contribution is 2.34. The van der Waals surface area contributed by atoms with Gasteiger partial charge in [0.2, 0.25) is 0 Å². The van der Waals surface area contributed by atoms with Gasteiger partial charge in [0.25, 0.3) is 0 Å². The van der Waals surface area contributed by atoms with Gasteiger partial charge in [0.15, 0.2) is 11.5 Å². The third-order valence-corrected chi connectivity index (χ3v) is 3.27. The van der Waals surface area contributed by atoms with Crippen molar-refractivity contribution in [1.29, 1.82) is 0 Å². The van der Waals surface area contributed by atoms with Gasteiger partial charge in [0.1, 0.15) is 19.0 Å². The summed E-state index contributed by atoms with van der Waals surface area (Å²) in [4.78, 5) is 0. The predicted octanol–water partition coefficient (Wildman–Crippen LogP) is 2.67. The first kappa shape index (κ1) is 12.1. The molecule has 1 aromatic heterocycles. The minimum atomic E-state index is 0.0910. The normalized spacial score (nSPS) is 15.3. The van der Waals surface area contributed by atoms with Gasteiger partial charge < -0.3 is 19.2 Å². The molecule has 0 aliphatic carbocycles. The van der Waals surface area contributed by atoms with E-state index >= 15 is 0 Å². The fourth-order valence-electron chi connectivity index (χ4n) is 2.38. The molecular formula is C15H17NO3. The summed E-state index contributed by atoms with van der Waals surface area (Å²) in [7, 11) is 1.93. The molecule has 1 unspecified atom stereocenters. The van der Waals surface area contributed by atoms with Crippen molar-refractivity contribution < 1.29 is 13.9 Å². The van der Waals surface area contributed by atoms with Gasteiger partial charge in [-0.2, -0.15) is 0 Å². The van der Waals surface area contributed by atoms with Gasteiger partial charge in [0, 0.05) is 5.56 Å². The molecule has 3 rings (SSSR count). The Kier molecular flexibility index (Phi) is 3.17. The van der Waals surface area contributed by atoms with E-state index in [0.29, 0.717) is 13.2 Å². The van der Waals surface area contributed by atoms with Crippen molar-refractivity contribution in [2.24, 2.45) is 0 Å². The Hall–Kier alpha value is -1.94. The standard InChI is InChI=1S/C15H17NO3/c1-10-7-12(9-19-10)15(16-2)11-3-4-13-14(8-11)18-6-5-17-13/h3-4,7-9,15-16H,5-6H2,1-2H3. The van der Waals surface area contributed by atoms with E-state index < -0.39 is 0 Å². The maximum Gasteiger partial charge on any atom is 0.161 e. The van der Waals surface area contributed by atoms with Crippen LogP contribution in [0.25, 0.3) is 0 Å². The van der Waals surface area contributed by atoms with Crippen LogP contribution in [0, 0.1) is 6.92 Å². The molecule has 0 bridgehead atoms. The summed E-state index contributed by atoms with van der Waals surface area (Å²) in [5.74, 6) is 2.53. The second kappa shape index (κ2) is 4.97. The van der Waals surface area contributed by atoms with Crippen LogP contribution in [0.15, 0.2) is 34.9 Å². The van der Waals surface area contributed by atoms with Crippen LogP contribution in [0.5, 0.6) is 11.5 Å². The first-order valence-electron chi connectivity index (χ1n) is 6.40. The third-order valence-electron chi connectivity index (χ3n) is 3.27. The maximum absolute atomic E-state index is 5.62. The summed E-state index contributed by atoms with van der Waals surface area (Å²) in [6.45, 7) is 3.16. The molecule has 2 aromatic rings. The third kappa shape index (κ3) is 2.31. The number of ether oxygens (including phenoxy) is 2. The molecule has 19 heavy (non-hydrogen) atoms. The van der Waals surface area contributed by atoms with Gasteiger partial charge >= 0.3 is 0 Å². The molecule has 0 spiro atoms. The van der Waals surface area contributed by atoms with E-state index in [1.54, 1.807) is 6.26 Å². The summed E-state index contributed by atoms with van der Waals surface area (Å²) in [5, 5.41) is 3.30. The maximum atomic E-state index is 5.62. The summed E-state index contributed by atoms with van der Waals surface area (Å²) >= 11 is 0. The van der Waals surface area contributed by atoms with Crippen molar-refractivity contribution >= 4 is 0 Å². The topological polar surface area (TPSA) is 43.6 Å². The lowest BCUT2D eigenvalue weighted by Gasteiger charge is -2.21. The van der Waals surface area contributed by atoms with Crippen LogP contribution in [-0.4, -0.2) is 20.3 Å². The second-order valence-corrected chi connectivity index (χ2v) is 4.62. The van der Waals surface area contributed by atoms with Crippen molar-refractivity contribution in [2.75, 3.05) is 20.3 Å². The van der Waals surface area contributed by atoms with Crippen molar-refractivity contribution in [2.45, 2.75) is 13.0 Å². The zero-order valence-corrected chi connectivity index (χ0v) is 11.1. The number of nitrogens with one attached hydrogen (secondary N) is 1. The van der Waals surface area contributed by atoms with Crippen LogP contribution < -0.4 is 14.8 Å². The molecule has 1 atom stereocenters. The molecule has 0 fully saturated rings. The Morgan fingerprint density at radius 1 is 1.05 bits per heavy atom. The molecule has 0 radical (unpaired) electrons. The number of furan rings is 1.